The lowest BCUT2D eigenvalue weighted by molar-refractivity contribution is 0.236. The molecule has 19 heavy (non-hydrogen) atoms. The van der Waals surface area contributed by atoms with Crippen molar-refractivity contribution in [3.8, 4) is 0 Å². The monoisotopic (exact) mass is 287 g/mol. The van der Waals surface area contributed by atoms with Gasteiger partial charge in [0.2, 0.25) is 10.0 Å². The van der Waals surface area contributed by atoms with Gasteiger partial charge < -0.3 is 11.1 Å². The quantitative estimate of drug-likeness (QED) is 0.689. The molecule has 0 saturated carbocycles. The Balaban J connectivity index is 2.03. The van der Waals surface area contributed by atoms with Gasteiger partial charge in [-0.25, -0.2) is 13.2 Å². The number of urea groups is 1. The minimum absolute atomic E-state index is 0.0860. The Morgan fingerprint density at radius 3 is 3.05 bits per heavy atom. The van der Waals surface area contributed by atoms with E-state index in [1.165, 1.54) is 16.7 Å². The molecule has 0 bridgehead atoms. The number of aromatic amines is 1. The number of sulfonamides is 1. The number of carbonyl (C=O) groups is 1. The summed E-state index contributed by atoms with van der Waals surface area (Å²) in [4.78, 5) is 10.8. The lowest BCUT2D eigenvalue weighted by atomic mass is 10.00. The highest BCUT2D eigenvalue weighted by Gasteiger charge is 2.30. The minimum Gasteiger partial charge on any atom is -0.352 e. The summed E-state index contributed by atoms with van der Waals surface area (Å²) in [5, 5.41) is 8.68. The molecule has 4 N–H and O–H groups in total. The molecule has 8 nitrogen and oxygen atoms in total. The van der Waals surface area contributed by atoms with E-state index in [0.29, 0.717) is 19.6 Å². The summed E-state index contributed by atoms with van der Waals surface area (Å²) in [6.07, 6.45) is 4.29. The van der Waals surface area contributed by atoms with E-state index in [2.05, 4.69) is 15.5 Å². The second-order valence-corrected chi connectivity index (χ2v) is 6.49. The number of carbonyl (C=O) groups excluding carboxylic acids is 1. The molecule has 1 aliphatic rings. The van der Waals surface area contributed by atoms with Crippen LogP contribution in [-0.4, -0.2) is 48.6 Å². The fraction of sp³-hybridized carbons (Fsp3) is 0.600. The van der Waals surface area contributed by atoms with Crippen molar-refractivity contribution in [2.75, 3.05) is 19.6 Å². The molecule has 1 saturated heterocycles. The molecule has 9 heteroatoms. The first-order valence-corrected chi connectivity index (χ1v) is 7.46. The summed E-state index contributed by atoms with van der Waals surface area (Å²) in [6.45, 7) is 1.26. The van der Waals surface area contributed by atoms with E-state index < -0.39 is 16.1 Å². The third-order valence-corrected chi connectivity index (χ3v) is 4.99. The van der Waals surface area contributed by atoms with Crippen LogP contribution in [0.2, 0.25) is 0 Å². The molecular weight excluding hydrogens is 270 g/mol. The van der Waals surface area contributed by atoms with Crippen LogP contribution >= 0.6 is 0 Å². The van der Waals surface area contributed by atoms with Gasteiger partial charge in [0.1, 0.15) is 4.90 Å². The number of H-pyrrole nitrogens is 1. The van der Waals surface area contributed by atoms with E-state index in [0.717, 1.165) is 12.8 Å². The predicted octanol–water partition coefficient (Wildman–Crippen LogP) is -0.521. The van der Waals surface area contributed by atoms with Gasteiger partial charge in [0, 0.05) is 25.8 Å². The highest BCUT2D eigenvalue weighted by molar-refractivity contribution is 7.89. The second-order valence-electron chi connectivity index (χ2n) is 4.55. The fourth-order valence-corrected chi connectivity index (χ4v) is 3.65. The number of nitrogens with zero attached hydrogens (tertiary/aromatic N) is 2. The molecule has 2 heterocycles. The Morgan fingerprint density at radius 2 is 2.42 bits per heavy atom. The third kappa shape index (κ3) is 3.24. The molecule has 0 spiro atoms. The SMILES string of the molecule is NC(=O)NCC1CCCN(S(=O)(=O)c2cn[nH]c2)C1. The third-order valence-electron chi connectivity index (χ3n) is 3.16. The van der Waals surface area contributed by atoms with Crippen molar-refractivity contribution < 1.29 is 13.2 Å². The van der Waals surface area contributed by atoms with Crippen molar-refractivity contribution in [2.45, 2.75) is 17.7 Å². The van der Waals surface area contributed by atoms with Gasteiger partial charge in [-0.05, 0) is 18.8 Å². The molecule has 0 aromatic carbocycles. The normalized spacial score (nSPS) is 21.2. The zero-order chi connectivity index (χ0) is 13.9. The number of hydrogen-bond donors (Lipinski definition) is 3. The van der Waals surface area contributed by atoms with Gasteiger partial charge >= 0.3 is 6.03 Å². The van der Waals surface area contributed by atoms with E-state index in [4.69, 9.17) is 5.73 Å². The molecule has 1 unspecified atom stereocenters. The molecule has 1 aliphatic heterocycles. The van der Waals surface area contributed by atoms with Crippen LogP contribution in [0.1, 0.15) is 12.8 Å². The predicted molar refractivity (Wildman–Crippen MR) is 67.7 cm³/mol. The van der Waals surface area contributed by atoms with Crippen LogP contribution in [0.4, 0.5) is 4.79 Å². The molecule has 0 aliphatic carbocycles. The number of hydrogen-bond acceptors (Lipinski definition) is 4. The van der Waals surface area contributed by atoms with Gasteiger partial charge in [-0.3, -0.25) is 5.10 Å². The Bertz CT molecular complexity index is 527. The zero-order valence-electron chi connectivity index (χ0n) is 10.4. The average Bonchev–Trinajstić information content (AvgIpc) is 2.91. The summed E-state index contributed by atoms with van der Waals surface area (Å²) in [5.74, 6) is 0.0860. The van der Waals surface area contributed by atoms with Crippen molar-refractivity contribution in [2.24, 2.45) is 11.7 Å². The number of nitrogens with two attached hydrogens (primary N) is 1. The molecule has 1 aromatic heterocycles. The molecule has 2 rings (SSSR count). The van der Waals surface area contributed by atoms with Crippen molar-refractivity contribution in [3.05, 3.63) is 12.4 Å². The first-order chi connectivity index (χ1) is 9.00. The molecule has 106 valence electrons. The van der Waals surface area contributed by atoms with Crippen LogP contribution in [0.5, 0.6) is 0 Å². The lowest BCUT2D eigenvalue weighted by Crippen LogP contribution is -2.44. The van der Waals surface area contributed by atoms with Crippen LogP contribution in [-0.2, 0) is 10.0 Å². The molecule has 0 radical (unpaired) electrons. The van der Waals surface area contributed by atoms with Crippen LogP contribution in [0.15, 0.2) is 17.3 Å². The number of primary amides is 1. The van der Waals surface area contributed by atoms with Gasteiger partial charge in [0.25, 0.3) is 0 Å². The van der Waals surface area contributed by atoms with Crippen molar-refractivity contribution in [3.63, 3.8) is 0 Å². The van der Waals surface area contributed by atoms with Crippen molar-refractivity contribution in [1.29, 1.82) is 0 Å². The lowest BCUT2D eigenvalue weighted by Gasteiger charge is -2.31. The molecule has 1 atom stereocenters. The maximum absolute atomic E-state index is 12.3. The van der Waals surface area contributed by atoms with Crippen LogP contribution in [0.25, 0.3) is 0 Å². The standard InChI is InChI=1S/C10H17N5O3S/c11-10(16)12-4-8-2-1-3-15(7-8)19(17,18)9-5-13-14-6-9/h5-6,8H,1-4,7H2,(H,13,14)(H3,11,12,16). The average molecular weight is 287 g/mol. The highest BCUT2D eigenvalue weighted by atomic mass is 32.2. The number of aromatic nitrogens is 2. The molecule has 1 aromatic rings. The Kier molecular flexibility index (Phi) is 4.05. The first-order valence-electron chi connectivity index (χ1n) is 6.02. The zero-order valence-corrected chi connectivity index (χ0v) is 11.2. The maximum atomic E-state index is 12.3. The summed E-state index contributed by atoms with van der Waals surface area (Å²) in [7, 11) is -3.49. The molecule has 1 fully saturated rings. The summed E-state index contributed by atoms with van der Waals surface area (Å²) < 4.78 is 26.0. The fourth-order valence-electron chi connectivity index (χ4n) is 2.19. The van der Waals surface area contributed by atoms with Gasteiger partial charge in [-0.15, -0.1) is 0 Å². The topological polar surface area (TPSA) is 121 Å². The molecular formula is C10H17N5O3S. The van der Waals surface area contributed by atoms with Crippen LogP contribution < -0.4 is 11.1 Å². The summed E-state index contributed by atoms with van der Waals surface area (Å²) in [6, 6.07) is -0.588. The molecule has 2 amide bonds. The van der Waals surface area contributed by atoms with Crippen molar-refractivity contribution in [1.82, 2.24) is 19.8 Å². The number of nitrogens with one attached hydrogen (secondary N) is 2. The largest absolute Gasteiger partial charge is 0.352 e. The van der Waals surface area contributed by atoms with E-state index in [1.54, 1.807) is 0 Å². The van der Waals surface area contributed by atoms with Crippen LogP contribution in [0, 0.1) is 5.92 Å². The summed E-state index contributed by atoms with van der Waals surface area (Å²) in [5.41, 5.74) is 5.01. The van der Waals surface area contributed by atoms with E-state index in [-0.39, 0.29) is 10.8 Å². The second kappa shape index (κ2) is 5.57. The van der Waals surface area contributed by atoms with Gasteiger partial charge in [-0.1, -0.05) is 0 Å². The number of amides is 2. The Hall–Kier alpha value is -1.61. The van der Waals surface area contributed by atoms with Crippen LogP contribution in [0.3, 0.4) is 0 Å². The van der Waals surface area contributed by atoms with E-state index in [9.17, 15) is 13.2 Å². The van der Waals surface area contributed by atoms with E-state index in [1.807, 2.05) is 0 Å². The van der Waals surface area contributed by atoms with E-state index >= 15 is 0 Å². The van der Waals surface area contributed by atoms with Gasteiger partial charge in [-0.2, -0.15) is 9.40 Å². The van der Waals surface area contributed by atoms with Gasteiger partial charge in [0.15, 0.2) is 0 Å². The number of piperidine rings is 1. The Labute approximate surface area is 111 Å². The van der Waals surface area contributed by atoms with Gasteiger partial charge in [0.05, 0.1) is 6.20 Å². The minimum atomic E-state index is -3.49. The summed E-state index contributed by atoms with van der Waals surface area (Å²) >= 11 is 0. The highest BCUT2D eigenvalue weighted by Crippen LogP contribution is 2.22. The smallest absolute Gasteiger partial charge is 0.312 e. The first kappa shape index (κ1) is 13.8. The van der Waals surface area contributed by atoms with Crippen molar-refractivity contribution >= 4 is 16.1 Å². The number of rotatable bonds is 4. The Morgan fingerprint density at radius 1 is 1.63 bits per heavy atom. The maximum Gasteiger partial charge on any atom is 0.312 e.